The van der Waals surface area contributed by atoms with Crippen LogP contribution >= 0.6 is 0 Å². The van der Waals surface area contributed by atoms with Crippen LogP contribution in [0.1, 0.15) is 5.56 Å². The molecule has 1 aromatic carbocycles. The molecular weight excluding hydrogens is 174 g/mol. The fourth-order valence-electron chi connectivity index (χ4n) is 1.24. The molecule has 78 valence electrons. The van der Waals surface area contributed by atoms with Crippen molar-refractivity contribution >= 4 is 5.69 Å². The summed E-state index contributed by atoms with van der Waals surface area (Å²) < 4.78 is 0. The van der Waals surface area contributed by atoms with Crippen LogP contribution < -0.4 is 11.1 Å². The Hall–Kier alpha value is -1.06. The van der Waals surface area contributed by atoms with E-state index in [1.54, 1.807) is 0 Å². The van der Waals surface area contributed by atoms with Gasteiger partial charge in [0, 0.05) is 25.3 Å². The number of hydrogen-bond acceptors (Lipinski definition) is 3. The third kappa shape index (κ3) is 4.25. The van der Waals surface area contributed by atoms with E-state index in [4.69, 9.17) is 5.73 Å². The molecule has 0 aliphatic rings. The standard InChI is InChI=1S/C11H19N3/c1-14(2)7-6-13-9-10-4-3-5-11(12)8-10/h3-5,8,13H,6-7,9,12H2,1-2H3. The highest BCUT2D eigenvalue weighted by atomic mass is 15.1. The van der Waals surface area contributed by atoms with Gasteiger partial charge < -0.3 is 16.0 Å². The summed E-state index contributed by atoms with van der Waals surface area (Å²) in [7, 11) is 4.14. The minimum absolute atomic E-state index is 0.830. The molecule has 3 nitrogen and oxygen atoms in total. The molecule has 0 saturated carbocycles. The highest BCUT2D eigenvalue weighted by Gasteiger charge is 1.93. The Bertz CT molecular complexity index is 271. The molecule has 0 saturated heterocycles. The molecule has 0 radical (unpaired) electrons. The van der Waals surface area contributed by atoms with Crippen LogP contribution in [-0.4, -0.2) is 32.1 Å². The van der Waals surface area contributed by atoms with Gasteiger partial charge in [0.1, 0.15) is 0 Å². The van der Waals surface area contributed by atoms with Crippen molar-refractivity contribution in [3.05, 3.63) is 29.8 Å². The Morgan fingerprint density at radius 3 is 2.79 bits per heavy atom. The van der Waals surface area contributed by atoms with Gasteiger partial charge in [-0.25, -0.2) is 0 Å². The summed E-state index contributed by atoms with van der Waals surface area (Å²) in [5.74, 6) is 0. The average molecular weight is 193 g/mol. The summed E-state index contributed by atoms with van der Waals surface area (Å²) in [6.45, 7) is 2.95. The average Bonchev–Trinajstić information content (AvgIpc) is 2.12. The largest absolute Gasteiger partial charge is 0.399 e. The lowest BCUT2D eigenvalue weighted by atomic mass is 10.2. The van der Waals surface area contributed by atoms with Gasteiger partial charge in [0.2, 0.25) is 0 Å². The zero-order valence-corrected chi connectivity index (χ0v) is 8.96. The zero-order valence-electron chi connectivity index (χ0n) is 8.96. The van der Waals surface area contributed by atoms with E-state index in [0.717, 1.165) is 25.3 Å². The van der Waals surface area contributed by atoms with E-state index >= 15 is 0 Å². The van der Waals surface area contributed by atoms with Gasteiger partial charge in [-0.1, -0.05) is 12.1 Å². The van der Waals surface area contributed by atoms with E-state index in [1.807, 2.05) is 18.2 Å². The summed E-state index contributed by atoms with van der Waals surface area (Å²) in [5, 5.41) is 3.36. The molecule has 0 unspecified atom stereocenters. The SMILES string of the molecule is CN(C)CCNCc1cccc(N)c1. The molecule has 0 fully saturated rings. The van der Waals surface area contributed by atoms with Crippen molar-refractivity contribution in [2.24, 2.45) is 0 Å². The van der Waals surface area contributed by atoms with Crippen LogP contribution in [0, 0.1) is 0 Å². The number of hydrogen-bond donors (Lipinski definition) is 2. The monoisotopic (exact) mass is 193 g/mol. The number of nitrogens with two attached hydrogens (primary N) is 1. The first-order chi connectivity index (χ1) is 6.68. The summed E-state index contributed by atoms with van der Waals surface area (Å²) in [5.41, 5.74) is 7.75. The minimum atomic E-state index is 0.830. The highest BCUT2D eigenvalue weighted by molar-refractivity contribution is 5.40. The second-order valence-corrected chi connectivity index (χ2v) is 3.73. The number of nitrogen functional groups attached to an aromatic ring is 1. The lowest BCUT2D eigenvalue weighted by Crippen LogP contribution is -2.26. The highest BCUT2D eigenvalue weighted by Crippen LogP contribution is 2.05. The Balaban J connectivity index is 2.25. The topological polar surface area (TPSA) is 41.3 Å². The zero-order chi connectivity index (χ0) is 10.4. The second kappa shape index (κ2) is 5.62. The lowest BCUT2D eigenvalue weighted by Gasteiger charge is -2.10. The maximum absolute atomic E-state index is 5.68. The molecule has 0 atom stereocenters. The molecule has 0 spiro atoms. The lowest BCUT2D eigenvalue weighted by molar-refractivity contribution is 0.400. The third-order valence-corrected chi connectivity index (χ3v) is 2.02. The van der Waals surface area contributed by atoms with Gasteiger partial charge in [0.15, 0.2) is 0 Å². The second-order valence-electron chi connectivity index (χ2n) is 3.73. The van der Waals surface area contributed by atoms with Crippen LogP contribution in [0.4, 0.5) is 5.69 Å². The molecule has 0 aliphatic heterocycles. The summed E-state index contributed by atoms with van der Waals surface area (Å²) in [6.07, 6.45) is 0. The third-order valence-electron chi connectivity index (χ3n) is 2.02. The van der Waals surface area contributed by atoms with Gasteiger partial charge in [0.25, 0.3) is 0 Å². The van der Waals surface area contributed by atoms with Gasteiger partial charge >= 0.3 is 0 Å². The van der Waals surface area contributed by atoms with E-state index in [1.165, 1.54) is 5.56 Å². The molecule has 0 bridgehead atoms. The Kier molecular flexibility index (Phi) is 4.43. The first kappa shape index (κ1) is 11.0. The van der Waals surface area contributed by atoms with Crippen LogP contribution in [-0.2, 0) is 6.54 Å². The van der Waals surface area contributed by atoms with Crippen molar-refractivity contribution in [2.75, 3.05) is 32.9 Å². The van der Waals surface area contributed by atoms with Crippen LogP contribution in [0.15, 0.2) is 24.3 Å². The van der Waals surface area contributed by atoms with Gasteiger partial charge in [-0.15, -0.1) is 0 Å². The van der Waals surface area contributed by atoms with Crippen LogP contribution in [0.5, 0.6) is 0 Å². The predicted octanol–water partition coefficient (Wildman–Crippen LogP) is 0.920. The van der Waals surface area contributed by atoms with Crippen LogP contribution in [0.2, 0.25) is 0 Å². The Labute approximate surface area is 85.9 Å². The normalized spacial score (nSPS) is 10.8. The van der Waals surface area contributed by atoms with E-state index in [-0.39, 0.29) is 0 Å². The first-order valence-corrected chi connectivity index (χ1v) is 4.88. The van der Waals surface area contributed by atoms with Crippen molar-refractivity contribution in [3.8, 4) is 0 Å². The molecule has 0 heterocycles. The maximum atomic E-state index is 5.68. The van der Waals surface area contributed by atoms with E-state index in [0.29, 0.717) is 0 Å². The molecule has 3 heteroatoms. The molecule has 1 aromatic rings. The quantitative estimate of drug-likeness (QED) is 0.540. The van der Waals surface area contributed by atoms with Gasteiger partial charge in [-0.3, -0.25) is 0 Å². The van der Waals surface area contributed by atoms with Crippen molar-refractivity contribution in [1.82, 2.24) is 10.2 Å². The Morgan fingerprint density at radius 2 is 2.14 bits per heavy atom. The van der Waals surface area contributed by atoms with Gasteiger partial charge in [0.05, 0.1) is 0 Å². The van der Waals surface area contributed by atoms with Crippen LogP contribution in [0.3, 0.4) is 0 Å². The molecule has 0 aliphatic carbocycles. The molecule has 14 heavy (non-hydrogen) atoms. The fourth-order valence-corrected chi connectivity index (χ4v) is 1.24. The molecule has 0 amide bonds. The summed E-state index contributed by atoms with van der Waals surface area (Å²) >= 11 is 0. The van der Waals surface area contributed by atoms with E-state index < -0.39 is 0 Å². The summed E-state index contributed by atoms with van der Waals surface area (Å²) in [4.78, 5) is 2.16. The van der Waals surface area contributed by atoms with Crippen LogP contribution in [0.25, 0.3) is 0 Å². The predicted molar refractivity (Wildman–Crippen MR) is 61.1 cm³/mol. The molecular formula is C11H19N3. The van der Waals surface area contributed by atoms with Crippen molar-refractivity contribution in [2.45, 2.75) is 6.54 Å². The molecule has 1 rings (SSSR count). The number of nitrogens with one attached hydrogen (secondary N) is 1. The number of benzene rings is 1. The van der Waals surface area contributed by atoms with E-state index in [9.17, 15) is 0 Å². The van der Waals surface area contributed by atoms with E-state index in [2.05, 4.69) is 30.4 Å². The number of likely N-dealkylation sites (N-methyl/N-ethyl adjacent to an activating group) is 1. The van der Waals surface area contributed by atoms with Gasteiger partial charge in [-0.2, -0.15) is 0 Å². The fraction of sp³-hybridized carbons (Fsp3) is 0.455. The number of nitrogens with zero attached hydrogens (tertiary/aromatic N) is 1. The van der Waals surface area contributed by atoms with Crippen molar-refractivity contribution < 1.29 is 0 Å². The smallest absolute Gasteiger partial charge is 0.0317 e. The van der Waals surface area contributed by atoms with Crippen molar-refractivity contribution in [1.29, 1.82) is 0 Å². The maximum Gasteiger partial charge on any atom is 0.0317 e. The number of rotatable bonds is 5. The summed E-state index contributed by atoms with van der Waals surface area (Å²) in [6, 6.07) is 7.98. The minimum Gasteiger partial charge on any atom is -0.399 e. The number of anilines is 1. The molecule has 3 N–H and O–H groups in total. The van der Waals surface area contributed by atoms with Crippen molar-refractivity contribution in [3.63, 3.8) is 0 Å². The molecule has 0 aromatic heterocycles. The first-order valence-electron chi connectivity index (χ1n) is 4.88. The van der Waals surface area contributed by atoms with Gasteiger partial charge in [-0.05, 0) is 31.8 Å². The Morgan fingerprint density at radius 1 is 1.36 bits per heavy atom.